The van der Waals surface area contributed by atoms with Crippen LogP contribution >= 0.6 is 11.3 Å². The Balaban J connectivity index is 2.27. The second-order valence-corrected chi connectivity index (χ2v) is 7.35. The van der Waals surface area contributed by atoms with E-state index in [-0.39, 0.29) is 0 Å². The van der Waals surface area contributed by atoms with E-state index in [1.54, 1.807) is 11.4 Å². The van der Waals surface area contributed by atoms with Crippen molar-refractivity contribution >= 4 is 31.3 Å². The summed E-state index contributed by atoms with van der Waals surface area (Å²) in [5, 5.41) is 11.4. The summed E-state index contributed by atoms with van der Waals surface area (Å²) in [5.41, 5.74) is 0. The zero-order valence-electron chi connectivity index (χ0n) is 8.88. The molecule has 0 atom stereocenters. The minimum Gasteiger partial charge on any atom is -0.222 e. The van der Waals surface area contributed by atoms with Crippen molar-refractivity contribution < 1.29 is 8.42 Å². The average molecular weight is 263 g/mol. The number of rotatable bonds is 2. The molecule has 3 nitrogen and oxygen atoms in total. The van der Waals surface area contributed by atoms with Gasteiger partial charge >= 0.3 is 0 Å². The Morgan fingerprint density at radius 3 is 2.65 bits per heavy atom. The lowest BCUT2D eigenvalue weighted by molar-refractivity contribution is 0.589. The van der Waals surface area contributed by atoms with E-state index in [9.17, 15) is 8.42 Å². The van der Waals surface area contributed by atoms with E-state index in [0.29, 0.717) is 17.7 Å². The van der Waals surface area contributed by atoms with Crippen LogP contribution in [-0.2, 0) is 9.84 Å². The van der Waals surface area contributed by atoms with E-state index in [1.807, 2.05) is 24.3 Å². The van der Waals surface area contributed by atoms with E-state index < -0.39 is 14.6 Å². The number of benzene rings is 1. The Bertz CT molecular complexity index is 733. The quantitative estimate of drug-likeness (QED) is 0.837. The summed E-state index contributed by atoms with van der Waals surface area (Å²) < 4.78 is 24.6. The Morgan fingerprint density at radius 2 is 2.00 bits per heavy atom. The van der Waals surface area contributed by atoms with Crippen LogP contribution in [0.1, 0.15) is 12.8 Å². The van der Waals surface area contributed by atoms with Gasteiger partial charge in [-0.3, -0.25) is 0 Å². The number of hydrogen-bond acceptors (Lipinski definition) is 4. The maximum Gasteiger partial charge on any atom is 0.198 e. The average Bonchev–Trinajstić information content (AvgIpc) is 3.02. The summed E-state index contributed by atoms with van der Waals surface area (Å²) in [5.74, 6) is 0. The van der Waals surface area contributed by atoms with Gasteiger partial charge in [0.15, 0.2) is 14.6 Å². The highest BCUT2D eigenvalue weighted by Crippen LogP contribution is 2.48. The second kappa shape index (κ2) is 3.31. The summed E-state index contributed by atoms with van der Waals surface area (Å²) in [6.45, 7) is 0. The van der Waals surface area contributed by atoms with Crippen LogP contribution in [0.2, 0.25) is 0 Å². The van der Waals surface area contributed by atoms with Gasteiger partial charge in [-0.05, 0) is 18.9 Å². The highest BCUT2D eigenvalue weighted by atomic mass is 32.2. The van der Waals surface area contributed by atoms with Crippen LogP contribution in [0, 0.1) is 11.3 Å². The maximum atomic E-state index is 12.4. The van der Waals surface area contributed by atoms with Crippen molar-refractivity contribution in [3.05, 3.63) is 29.6 Å². The molecule has 86 valence electrons. The lowest BCUT2D eigenvalue weighted by atomic mass is 10.3. The minimum absolute atomic E-state index is 0.317. The van der Waals surface area contributed by atoms with Crippen molar-refractivity contribution in [1.82, 2.24) is 0 Å². The number of hydrogen-bond donors (Lipinski definition) is 0. The van der Waals surface area contributed by atoms with Crippen molar-refractivity contribution in [1.29, 1.82) is 5.26 Å². The van der Waals surface area contributed by atoms with Crippen LogP contribution in [0.15, 0.2) is 34.5 Å². The van der Waals surface area contributed by atoms with Crippen molar-refractivity contribution in [2.75, 3.05) is 0 Å². The van der Waals surface area contributed by atoms with E-state index in [1.165, 1.54) is 11.3 Å². The first-order valence-corrected chi connectivity index (χ1v) is 7.59. The molecule has 5 heteroatoms. The van der Waals surface area contributed by atoms with Crippen LogP contribution in [0.3, 0.4) is 0 Å². The van der Waals surface area contributed by atoms with Gasteiger partial charge in [0.05, 0.1) is 11.0 Å². The van der Waals surface area contributed by atoms with Gasteiger partial charge in [0.2, 0.25) is 0 Å². The molecule has 1 heterocycles. The lowest BCUT2D eigenvalue weighted by Gasteiger charge is -2.06. The third kappa shape index (κ3) is 1.34. The normalized spacial score (nSPS) is 17.8. The molecule has 17 heavy (non-hydrogen) atoms. The molecule has 2 aromatic rings. The molecule has 0 N–H and O–H groups in total. The molecule has 1 aliphatic carbocycles. The first kappa shape index (κ1) is 10.8. The van der Waals surface area contributed by atoms with E-state index in [4.69, 9.17) is 5.26 Å². The molecule has 1 aromatic carbocycles. The SMILES string of the molecule is N#CC1(S(=O)(=O)c2csc3ccccc23)CC1. The smallest absolute Gasteiger partial charge is 0.198 e. The summed E-state index contributed by atoms with van der Waals surface area (Å²) in [6, 6.07) is 9.35. The Hall–Kier alpha value is -1.38. The standard InChI is InChI=1S/C12H9NO2S2/c13-8-12(5-6-12)17(14,15)11-7-16-10-4-2-1-3-9(10)11/h1-4,7H,5-6H2. The molecular weight excluding hydrogens is 254 g/mol. The third-order valence-electron chi connectivity index (χ3n) is 3.16. The molecule has 1 aromatic heterocycles. The molecule has 0 unspecified atom stereocenters. The monoisotopic (exact) mass is 263 g/mol. The summed E-state index contributed by atoms with van der Waals surface area (Å²) in [7, 11) is -3.51. The number of sulfone groups is 1. The molecule has 0 amide bonds. The van der Waals surface area contributed by atoms with Gasteiger partial charge in [-0.25, -0.2) is 8.42 Å². The zero-order valence-corrected chi connectivity index (χ0v) is 10.5. The lowest BCUT2D eigenvalue weighted by Crippen LogP contribution is -2.20. The zero-order chi connectivity index (χ0) is 12.1. The molecule has 0 bridgehead atoms. The molecule has 0 saturated heterocycles. The van der Waals surface area contributed by atoms with Crippen LogP contribution in [-0.4, -0.2) is 13.2 Å². The predicted molar refractivity (Wildman–Crippen MR) is 66.6 cm³/mol. The van der Waals surface area contributed by atoms with Crippen molar-refractivity contribution in [3.8, 4) is 6.07 Å². The van der Waals surface area contributed by atoms with Crippen molar-refractivity contribution in [3.63, 3.8) is 0 Å². The van der Waals surface area contributed by atoms with Gasteiger partial charge in [-0.1, -0.05) is 18.2 Å². The Kier molecular flexibility index (Phi) is 2.09. The van der Waals surface area contributed by atoms with Gasteiger partial charge in [-0.15, -0.1) is 11.3 Å². The number of nitriles is 1. The van der Waals surface area contributed by atoms with Crippen LogP contribution in [0.5, 0.6) is 0 Å². The summed E-state index contributed by atoms with van der Waals surface area (Å²) in [6.07, 6.45) is 0.909. The predicted octanol–water partition coefficient (Wildman–Crippen LogP) is 2.73. The van der Waals surface area contributed by atoms with Gasteiger partial charge in [0.1, 0.15) is 0 Å². The second-order valence-electron chi connectivity index (χ2n) is 4.21. The molecule has 0 aliphatic heterocycles. The van der Waals surface area contributed by atoms with Gasteiger partial charge in [0.25, 0.3) is 0 Å². The first-order valence-electron chi connectivity index (χ1n) is 5.23. The van der Waals surface area contributed by atoms with Gasteiger partial charge < -0.3 is 0 Å². The van der Waals surface area contributed by atoms with Gasteiger partial charge in [0, 0.05) is 15.5 Å². The highest BCUT2D eigenvalue weighted by Gasteiger charge is 2.56. The van der Waals surface area contributed by atoms with Crippen LogP contribution in [0.4, 0.5) is 0 Å². The molecule has 1 fully saturated rings. The van der Waals surface area contributed by atoms with Crippen LogP contribution in [0.25, 0.3) is 10.1 Å². The Labute approximate surface area is 103 Å². The van der Waals surface area contributed by atoms with E-state index in [2.05, 4.69) is 0 Å². The first-order chi connectivity index (χ1) is 8.11. The molecule has 0 spiro atoms. The topological polar surface area (TPSA) is 57.9 Å². The van der Waals surface area contributed by atoms with E-state index in [0.717, 1.165) is 10.1 Å². The molecule has 3 rings (SSSR count). The summed E-state index contributed by atoms with van der Waals surface area (Å²) in [4.78, 5) is 0.317. The Morgan fingerprint density at radius 1 is 1.29 bits per heavy atom. The number of nitrogens with zero attached hydrogens (tertiary/aromatic N) is 1. The minimum atomic E-state index is -3.51. The van der Waals surface area contributed by atoms with Crippen molar-refractivity contribution in [2.45, 2.75) is 22.5 Å². The third-order valence-corrected chi connectivity index (χ3v) is 6.72. The molecule has 0 radical (unpaired) electrons. The highest BCUT2D eigenvalue weighted by molar-refractivity contribution is 7.93. The molecule has 1 aliphatic rings. The number of thiophene rings is 1. The fourth-order valence-electron chi connectivity index (χ4n) is 1.93. The fourth-order valence-corrected chi connectivity index (χ4v) is 5.11. The molecule has 1 saturated carbocycles. The molecular formula is C12H9NO2S2. The van der Waals surface area contributed by atoms with E-state index >= 15 is 0 Å². The van der Waals surface area contributed by atoms with Crippen LogP contribution < -0.4 is 0 Å². The number of fused-ring (bicyclic) bond motifs is 1. The van der Waals surface area contributed by atoms with Crippen molar-refractivity contribution in [2.24, 2.45) is 0 Å². The maximum absolute atomic E-state index is 12.4. The van der Waals surface area contributed by atoms with Gasteiger partial charge in [-0.2, -0.15) is 5.26 Å². The summed E-state index contributed by atoms with van der Waals surface area (Å²) >= 11 is 1.41. The fraction of sp³-hybridized carbons (Fsp3) is 0.250. The largest absolute Gasteiger partial charge is 0.222 e.